The van der Waals surface area contributed by atoms with E-state index in [4.69, 9.17) is 4.74 Å². The Hall–Kier alpha value is -1.65. The Labute approximate surface area is 130 Å². The van der Waals surface area contributed by atoms with Gasteiger partial charge in [-0.25, -0.2) is 0 Å². The minimum Gasteiger partial charge on any atom is -0.372 e. The van der Waals surface area contributed by atoms with Crippen LogP contribution in [0.2, 0.25) is 0 Å². The molecule has 2 atom stereocenters. The second-order valence-electron chi connectivity index (χ2n) is 6.78. The lowest BCUT2D eigenvalue weighted by atomic mass is 9.88. The number of hydrogen-bond donors (Lipinski definition) is 1. The van der Waals surface area contributed by atoms with E-state index < -0.39 is 0 Å². The van der Waals surface area contributed by atoms with Crippen LogP contribution in [0.25, 0.3) is 11.1 Å². The summed E-state index contributed by atoms with van der Waals surface area (Å²) in [5, 5.41) is 8.13. The number of ether oxygens (including phenoxy) is 1. The van der Waals surface area contributed by atoms with Gasteiger partial charge in [0.25, 0.3) is 0 Å². The van der Waals surface area contributed by atoms with Gasteiger partial charge in [-0.05, 0) is 55.0 Å². The maximum absolute atomic E-state index is 6.07. The molecule has 1 saturated heterocycles. The van der Waals surface area contributed by atoms with Crippen molar-refractivity contribution in [2.45, 2.75) is 50.5 Å². The van der Waals surface area contributed by atoms with E-state index in [1.54, 1.807) is 0 Å². The zero-order chi connectivity index (χ0) is 14.5. The van der Waals surface area contributed by atoms with Crippen LogP contribution in [0.4, 0.5) is 0 Å². The van der Waals surface area contributed by atoms with E-state index in [1.807, 2.05) is 6.20 Å². The molecule has 3 aliphatic rings. The van der Waals surface area contributed by atoms with E-state index in [0.29, 0.717) is 18.2 Å². The summed E-state index contributed by atoms with van der Waals surface area (Å²) in [4.78, 5) is 0. The van der Waals surface area contributed by atoms with Crippen LogP contribution in [-0.4, -0.2) is 22.4 Å². The molecule has 5 rings (SSSR count). The number of fused-ring (bicyclic) bond motifs is 3. The molecule has 22 heavy (non-hydrogen) atoms. The minimum atomic E-state index is 0.352. The highest BCUT2D eigenvalue weighted by atomic mass is 16.5. The normalized spacial score (nSPS) is 27.3. The van der Waals surface area contributed by atoms with Crippen molar-refractivity contribution in [2.75, 3.05) is 6.54 Å². The molecular formula is C18H21N3O. The lowest BCUT2D eigenvalue weighted by molar-refractivity contribution is -0.0177. The second kappa shape index (κ2) is 4.93. The Balaban J connectivity index is 1.48. The molecule has 0 bridgehead atoms. The summed E-state index contributed by atoms with van der Waals surface area (Å²) in [6.07, 6.45) is 9.46. The molecule has 1 aromatic heterocycles. The zero-order valence-electron chi connectivity index (χ0n) is 12.7. The first kappa shape index (κ1) is 12.9. The van der Waals surface area contributed by atoms with Crippen LogP contribution >= 0.6 is 0 Å². The average Bonchev–Trinajstić information content (AvgIpc) is 3.31. The van der Waals surface area contributed by atoms with Crippen LogP contribution in [0.1, 0.15) is 48.9 Å². The predicted octanol–water partition coefficient (Wildman–Crippen LogP) is 3.21. The standard InChI is InChI=1S/C18H21N3O/c1-2-17-18(19-7-1)16-6-3-12(8-13(16)11-22-17)14-9-20-21(10-14)15-4-5-15/h3,6,8-10,15,17-19H,1-2,4-5,7,11H2/t17-,18-/m0/s1. The van der Waals surface area contributed by atoms with E-state index in [-0.39, 0.29) is 0 Å². The quantitative estimate of drug-likeness (QED) is 0.924. The van der Waals surface area contributed by atoms with Gasteiger partial charge in [-0.3, -0.25) is 4.68 Å². The third kappa shape index (κ3) is 2.09. The predicted molar refractivity (Wildman–Crippen MR) is 84.5 cm³/mol. The maximum atomic E-state index is 6.07. The molecule has 114 valence electrons. The average molecular weight is 295 g/mol. The van der Waals surface area contributed by atoms with E-state index in [9.17, 15) is 0 Å². The number of hydrogen-bond acceptors (Lipinski definition) is 3. The molecule has 4 nitrogen and oxygen atoms in total. The molecule has 0 spiro atoms. The van der Waals surface area contributed by atoms with Crippen LogP contribution in [0.15, 0.2) is 30.6 Å². The molecule has 4 heteroatoms. The fourth-order valence-electron chi connectivity index (χ4n) is 3.79. The highest BCUT2D eigenvalue weighted by Crippen LogP contribution is 2.37. The van der Waals surface area contributed by atoms with Crippen LogP contribution in [-0.2, 0) is 11.3 Å². The van der Waals surface area contributed by atoms with Crippen molar-refractivity contribution in [3.05, 3.63) is 41.7 Å². The lowest BCUT2D eigenvalue weighted by Gasteiger charge is -2.38. The molecule has 2 fully saturated rings. The van der Waals surface area contributed by atoms with Crippen molar-refractivity contribution < 1.29 is 4.74 Å². The van der Waals surface area contributed by atoms with Crippen molar-refractivity contribution >= 4 is 0 Å². The molecule has 0 radical (unpaired) electrons. The zero-order valence-corrected chi connectivity index (χ0v) is 12.7. The van der Waals surface area contributed by atoms with Crippen LogP contribution in [0.3, 0.4) is 0 Å². The highest BCUT2D eigenvalue weighted by Gasteiger charge is 2.32. The van der Waals surface area contributed by atoms with Crippen LogP contribution in [0, 0.1) is 0 Å². The number of nitrogens with zero attached hydrogens (tertiary/aromatic N) is 2. The summed E-state index contributed by atoms with van der Waals surface area (Å²) in [6.45, 7) is 1.84. The van der Waals surface area contributed by atoms with Gasteiger partial charge in [-0.2, -0.15) is 5.10 Å². The highest BCUT2D eigenvalue weighted by molar-refractivity contribution is 5.64. The smallest absolute Gasteiger partial charge is 0.0774 e. The Morgan fingerprint density at radius 1 is 1.18 bits per heavy atom. The summed E-state index contributed by atoms with van der Waals surface area (Å²) in [6, 6.07) is 7.84. The molecule has 3 heterocycles. The third-order valence-electron chi connectivity index (χ3n) is 5.19. The van der Waals surface area contributed by atoms with Gasteiger partial charge in [-0.15, -0.1) is 0 Å². The summed E-state index contributed by atoms with van der Waals surface area (Å²) in [5.41, 5.74) is 5.22. The summed E-state index contributed by atoms with van der Waals surface area (Å²) in [7, 11) is 0. The van der Waals surface area contributed by atoms with Gasteiger partial charge in [0.2, 0.25) is 0 Å². The molecule has 2 aliphatic heterocycles. The molecule has 0 unspecified atom stereocenters. The van der Waals surface area contributed by atoms with E-state index >= 15 is 0 Å². The van der Waals surface area contributed by atoms with Crippen LogP contribution in [0.5, 0.6) is 0 Å². The van der Waals surface area contributed by atoms with E-state index in [2.05, 4.69) is 39.5 Å². The van der Waals surface area contributed by atoms with E-state index in [0.717, 1.165) is 13.2 Å². The largest absolute Gasteiger partial charge is 0.372 e. The Morgan fingerprint density at radius 3 is 3.05 bits per heavy atom. The second-order valence-corrected chi connectivity index (χ2v) is 6.78. The van der Waals surface area contributed by atoms with Crippen molar-refractivity contribution in [2.24, 2.45) is 0 Å². The fraction of sp³-hybridized carbons (Fsp3) is 0.500. The minimum absolute atomic E-state index is 0.352. The summed E-state index contributed by atoms with van der Waals surface area (Å²) < 4.78 is 8.18. The third-order valence-corrected chi connectivity index (χ3v) is 5.19. The number of rotatable bonds is 2. The first-order chi connectivity index (χ1) is 10.9. The lowest BCUT2D eigenvalue weighted by Crippen LogP contribution is -2.42. The van der Waals surface area contributed by atoms with Gasteiger partial charge in [0, 0.05) is 11.8 Å². The molecule has 0 amide bonds. The van der Waals surface area contributed by atoms with Gasteiger partial charge < -0.3 is 10.1 Å². The summed E-state index contributed by atoms with van der Waals surface area (Å²) >= 11 is 0. The van der Waals surface area contributed by atoms with E-state index in [1.165, 1.54) is 47.9 Å². The number of piperidine rings is 1. The molecule has 1 saturated carbocycles. The van der Waals surface area contributed by atoms with Gasteiger partial charge >= 0.3 is 0 Å². The Kier molecular flexibility index (Phi) is 2.88. The van der Waals surface area contributed by atoms with Crippen molar-refractivity contribution in [3.63, 3.8) is 0 Å². The molecule has 1 N–H and O–H groups in total. The Morgan fingerprint density at radius 2 is 2.14 bits per heavy atom. The number of benzene rings is 1. The molecule has 1 aromatic carbocycles. The van der Waals surface area contributed by atoms with Crippen molar-refractivity contribution in [1.29, 1.82) is 0 Å². The fourth-order valence-corrected chi connectivity index (χ4v) is 3.79. The molecule has 1 aliphatic carbocycles. The van der Waals surface area contributed by atoms with Gasteiger partial charge in [0.15, 0.2) is 0 Å². The first-order valence-corrected chi connectivity index (χ1v) is 8.41. The van der Waals surface area contributed by atoms with Crippen molar-refractivity contribution in [3.8, 4) is 11.1 Å². The first-order valence-electron chi connectivity index (χ1n) is 8.41. The molecular weight excluding hydrogens is 274 g/mol. The number of nitrogens with one attached hydrogen (secondary N) is 1. The number of aromatic nitrogens is 2. The van der Waals surface area contributed by atoms with Crippen LogP contribution < -0.4 is 5.32 Å². The summed E-state index contributed by atoms with van der Waals surface area (Å²) in [5.74, 6) is 0. The van der Waals surface area contributed by atoms with Crippen molar-refractivity contribution in [1.82, 2.24) is 15.1 Å². The van der Waals surface area contributed by atoms with Gasteiger partial charge in [-0.1, -0.05) is 12.1 Å². The monoisotopic (exact) mass is 295 g/mol. The van der Waals surface area contributed by atoms with Gasteiger partial charge in [0.1, 0.15) is 0 Å². The van der Waals surface area contributed by atoms with Gasteiger partial charge in [0.05, 0.1) is 31.0 Å². The topological polar surface area (TPSA) is 39.1 Å². The molecule has 2 aromatic rings. The SMILES string of the molecule is c1cc2c(cc1-c1cnn(C3CC3)c1)CO[C@H]1CCCN[C@@H]21. The Bertz CT molecular complexity index is 704. The maximum Gasteiger partial charge on any atom is 0.0774 e.